The molecule has 0 radical (unpaired) electrons. The van der Waals surface area contributed by atoms with Gasteiger partial charge in [0.25, 0.3) is 0 Å². The zero-order valence-corrected chi connectivity index (χ0v) is 10.9. The molecule has 1 aliphatic rings. The third-order valence-electron chi connectivity index (χ3n) is 2.85. The molecule has 1 atom stereocenters. The predicted octanol–water partition coefficient (Wildman–Crippen LogP) is 2.53. The van der Waals surface area contributed by atoms with Crippen LogP contribution in [0.5, 0.6) is 0 Å². The first-order valence-corrected chi connectivity index (χ1v) is 6.43. The summed E-state index contributed by atoms with van der Waals surface area (Å²) in [4.78, 5) is 11.9. The SMILES string of the molecule is O=C(Nc1ccc(Br)c(F)c1)[C@H]1CCCNC1. The summed E-state index contributed by atoms with van der Waals surface area (Å²) < 4.78 is 13.7. The van der Waals surface area contributed by atoms with Gasteiger partial charge in [-0.25, -0.2) is 4.39 Å². The molecule has 17 heavy (non-hydrogen) atoms. The lowest BCUT2D eigenvalue weighted by atomic mass is 9.99. The maximum Gasteiger partial charge on any atom is 0.228 e. The molecule has 0 unspecified atom stereocenters. The molecule has 1 aliphatic heterocycles. The van der Waals surface area contributed by atoms with Gasteiger partial charge < -0.3 is 10.6 Å². The van der Waals surface area contributed by atoms with Gasteiger partial charge in [0.2, 0.25) is 5.91 Å². The lowest BCUT2D eigenvalue weighted by molar-refractivity contribution is -0.120. The first kappa shape index (κ1) is 12.5. The summed E-state index contributed by atoms with van der Waals surface area (Å²) in [6.45, 7) is 1.67. The van der Waals surface area contributed by atoms with Gasteiger partial charge in [0.05, 0.1) is 10.4 Å². The summed E-state index contributed by atoms with van der Waals surface area (Å²) in [7, 11) is 0. The molecule has 5 heteroatoms. The molecule has 3 nitrogen and oxygen atoms in total. The average molecular weight is 301 g/mol. The standard InChI is InChI=1S/C12H14BrFN2O/c13-10-4-3-9(6-11(10)14)16-12(17)8-2-1-5-15-7-8/h3-4,6,8,15H,1-2,5,7H2,(H,16,17)/t8-/m0/s1. The molecule has 0 saturated carbocycles. The van der Waals surface area contributed by atoms with E-state index in [1.54, 1.807) is 12.1 Å². The quantitative estimate of drug-likeness (QED) is 0.881. The number of hydrogen-bond acceptors (Lipinski definition) is 2. The Hall–Kier alpha value is -0.940. The molecule has 1 saturated heterocycles. The van der Waals surface area contributed by atoms with Crippen molar-refractivity contribution in [1.82, 2.24) is 5.32 Å². The molecular weight excluding hydrogens is 287 g/mol. The van der Waals surface area contributed by atoms with Crippen LogP contribution in [-0.2, 0) is 4.79 Å². The maximum atomic E-state index is 13.3. The van der Waals surface area contributed by atoms with Crippen LogP contribution in [0, 0.1) is 11.7 Å². The number of hydrogen-bond donors (Lipinski definition) is 2. The van der Waals surface area contributed by atoms with Crippen molar-refractivity contribution in [2.45, 2.75) is 12.8 Å². The van der Waals surface area contributed by atoms with Gasteiger partial charge in [-0.3, -0.25) is 4.79 Å². The normalized spacial score (nSPS) is 20.0. The predicted molar refractivity (Wildman–Crippen MR) is 68.3 cm³/mol. The summed E-state index contributed by atoms with van der Waals surface area (Å²) >= 11 is 3.07. The minimum atomic E-state index is -0.371. The molecule has 2 N–H and O–H groups in total. The summed E-state index contributed by atoms with van der Waals surface area (Å²) in [6, 6.07) is 4.59. The number of nitrogens with one attached hydrogen (secondary N) is 2. The molecule has 1 amide bonds. The molecule has 1 aromatic rings. The van der Waals surface area contributed by atoms with Gasteiger partial charge in [-0.1, -0.05) is 0 Å². The second-order valence-corrected chi connectivity index (χ2v) is 5.02. The number of carbonyl (C=O) groups excluding carboxylic acids is 1. The van der Waals surface area contributed by atoms with E-state index in [-0.39, 0.29) is 17.6 Å². The van der Waals surface area contributed by atoms with E-state index in [1.807, 2.05) is 0 Å². The van der Waals surface area contributed by atoms with Gasteiger partial charge >= 0.3 is 0 Å². The molecule has 0 bridgehead atoms. The molecule has 0 aromatic heterocycles. The zero-order chi connectivity index (χ0) is 12.3. The van der Waals surface area contributed by atoms with Crippen molar-refractivity contribution in [3.8, 4) is 0 Å². The van der Waals surface area contributed by atoms with Crippen molar-refractivity contribution in [3.63, 3.8) is 0 Å². The molecule has 92 valence electrons. The van der Waals surface area contributed by atoms with Crippen molar-refractivity contribution < 1.29 is 9.18 Å². The van der Waals surface area contributed by atoms with E-state index < -0.39 is 0 Å². The summed E-state index contributed by atoms with van der Waals surface area (Å²) in [5.41, 5.74) is 0.501. The number of anilines is 1. The van der Waals surface area contributed by atoms with Crippen LogP contribution < -0.4 is 10.6 Å². The van der Waals surface area contributed by atoms with E-state index in [2.05, 4.69) is 26.6 Å². The van der Waals surface area contributed by atoms with Gasteiger partial charge in [0, 0.05) is 12.2 Å². The smallest absolute Gasteiger partial charge is 0.228 e. The minimum absolute atomic E-state index is 0.0181. The fourth-order valence-electron chi connectivity index (χ4n) is 1.89. The first-order valence-electron chi connectivity index (χ1n) is 5.63. The number of halogens is 2. The summed E-state index contributed by atoms with van der Waals surface area (Å²) in [5, 5.41) is 5.92. The summed E-state index contributed by atoms with van der Waals surface area (Å²) in [6.07, 6.45) is 1.89. The average Bonchev–Trinajstić information content (AvgIpc) is 2.35. The number of carbonyl (C=O) groups is 1. The molecule has 0 aliphatic carbocycles. The van der Waals surface area contributed by atoms with Crippen LogP contribution in [0.2, 0.25) is 0 Å². The van der Waals surface area contributed by atoms with Crippen molar-refractivity contribution in [2.24, 2.45) is 5.92 Å². The minimum Gasteiger partial charge on any atom is -0.326 e. The Labute approximate surface area is 108 Å². The molecular formula is C12H14BrFN2O. The highest BCUT2D eigenvalue weighted by atomic mass is 79.9. The van der Waals surface area contributed by atoms with Crippen LogP contribution in [0.25, 0.3) is 0 Å². The topological polar surface area (TPSA) is 41.1 Å². The van der Waals surface area contributed by atoms with Gasteiger partial charge in [-0.05, 0) is 53.5 Å². The van der Waals surface area contributed by atoms with E-state index in [4.69, 9.17) is 0 Å². The maximum absolute atomic E-state index is 13.3. The van der Waals surface area contributed by atoms with Crippen molar-refractivity contribution in [3.05, 3.63) is 28.5 Å². The largest absolute Gasteiger partial charge is 0.326 e. The van der Waals surface area contributed by atoms with Crippen molar-refractivity contribution >= 4 is 27.5 Å². The molecule has 1 heterocycles. The summed E-state index contributed by atoms with van der Waals surface area (Å²) in [5.74, 6) is -0.432. The third kappa shape index (κ3) is 3.26. The van der Waals surface area contributed by atoms with E-state index in [0.717, 1.165) is 19.4 Å². The molecule has 1 fully saturated rings. The van der Waals surface area contributed by atoms with Crippen molar-refractivity contribution in [2.75, 3.05) is 18.4 Å². The van der Waals surface area contributed by atoms with E-state index >= 15 is 0 Å². The number of piperidine rings is 1. The second-order valence-electron chi connectivity index (χ2n) is 4.16. The van der Waals surface area contributed by atoms with Crippen LogP contribution in [0.1, 0.15) is 12.8 Å². The van der Waals surface area contributed by atoms with Crippen LogP contribution in [-0.4, -0.2) is 19.0 Å². The van der Waals surface area contributed by atoms with Crippen LogP contribution in [0.15, 0.2) is 22.7 Å². The van der Waals surface area contributed by atoms with E-state index in [1.165, 1.54) is 6.07 Å². The monoisotopic (exact) mass is 300 g/mol. The third-order valence-corrected chi connectivity index (χ3v) is 3.50. The Morgan fingerprint density at radius 2 is 2.35 bits per heavy atom. The Morgan fingerprint density at radius 1 is 1.53 bits per heavy atom. The van der Waals surface area contributed by atoms with Gasteiger partial charge in [0.1, 0.15) is 5.82 Å². The zero-order valence-electron chi connectivity index (χ0n) is 9.30. The highest BCUT2D eigenvalue weighted by Gasteiger charge is 2.20. The fourth-order valence-corrected chi connectivity index (χ4v) is 2.14. The lowest BCUT2D eigenvalue weighted by Gasteiger charge is -2.21. The second kappa shape index (κ2) is 5.60. The fraction of sp³-hybridized carbons (Fsp3) is 0.417. The van der Waals surface area contributed by atoms with Crippen molar-refractivity contribution in [1.29, 1.82) is 0 Å². The Morgan fingerprint density at radius 3 is 3.00 bits per heavy atom. The Balaban J connectivity index is 1.99. The molecule has 1 aromatic carbocycles. The highest BCUT2D eigenvalue weighted by Crippen LogP contribution is 2.20. The van der Waals surface area contributed by atoms with E-state index in [9.17, 15) is 9.18 Å². The highest BCUT2D eigenvalue weighted by molar-refractivity contribution is 9.10. The number of amides is 1. The van der Waals surface area contributed by atoms with Crippen LogP contribution in [0.3, 0.4) is 0 Å². The molecule has 2 rings (SSSR count). The molecule has 0 spiro atoms. The van der Waals surface area contributed by atoms with E-state index in [0.29, 0.717) is 16.7 Å². The Kier molecular flexibility index (Phi) is 4.12. The first-order chi connectivity index (χ1) is 8.16. The Bertz CT molecular complexity index is 419. The van der Waals surface area contributed by atoms with Crippen LogP contribution >= 0.6 is 15.9 Å². The number of benzene rings is 1. The number of rotatable bonds is 2. The lowest BCUT2D eigenvalue weighted by Crippen LogP contribution is -2.37. The van der Waals surface area contributed by atoms with Gasteiger partial charge in [0.15, 0.2) is 0 Å². The van der Waals surface area contributed by atoms with Gasteiger partial charge in [-0.2, -0.15) is 0 Å². The van der Waals surface area contributed by atoms with Gasteiger partial charge in [-0.15, -0.1) is 0 Å². The van der Waals surface area contributed by atoms with Crippen LogP contribution in [0.4, 0.5) is 10.1 Å².